The standard InChI is InChI=1S/C24H27N5O6/c1-13-11-20(30)35-19-12-16(8-9-17(13)19)34-21(22(26)31)14-4-6-15(7-5-14)29-23(32)18(25)3-2-10-28-24(27)33/h4-9,11-12,18,21H,2-3,10,25H2,1H3,(H2,26,31)(H,29,32)(H3,27,28,33). The molecule has 1 heterocycles. The van der Waals surface area contributed by atoms with Gasteiger partial charge in [0, 0.05) is 35.3 Å². The fourth-order valence-corrected chi connectivity index (χ4v) is 3.45. The highest BCUT2D eigenvalue weighted by Gasteiger charge is 2.21. The Hall–Kier alpha value is -4.38. The van der Waals surface area contributed by atoms with E-state index in [2.05, 4.69) is 10.6 Å². The maximum absolute atomic E-state index is 12.3. The van der Waals surface area contributed by atoms with Gasteiger partial charge >= 0.3 is 11.7 Å². The normalized spacial score (nSPS) is 12.5. The zero-order chi connectivity index (χ0) is 25.5. The van der Waals surface area contributed by atoms with Gasteiger partial charge in [0.2, 0.25) is 12.0 Å². The number of ether oxygens (including phenoxy) is 1. The van der Waals surface area contributed by atoms with E-state index in [4.69, 9.17) is 26.4 Å². The molecule has 2 atom stereocenters. The van der Waals surface area contributed by atoms with Gasteiger partial charge in [0.25, 0.3) is 5.91 Å². The number of nitrogens with one attached hydrogen (secondary N) is 2. The van der Waals surface area contributed by atoms with Crippen LogP contribution in [0.25, 0.3) is 11.0 Å². The number of amides is 4. The van der Waals surface area contributed by atoms with E-state index in [0.717, 1.165) is 10.9 Å². The molecule has 4 amide bonds. The lowest BCUT2D eigenvalue weighted by Gasteiger charge is -2.18. The van der Waals surface area contributed by atoms with Gasteiger partial charge in [-0.3, -0.25) is 9.59 Å². The molecule has 0 saturated carbocycles. The second kappa shape index (κ2) is 11.2. The Bertz CT molecular complexity index is 1290. The Morgan fingerprint density at radius 3 is 2.43 bits per heavy atom. The fourth-order valence-electron chi connectivity index (χ4n) is 3.45. The topological polar surface area (TPSA) is 193 Å². The van der Waals surface area contributed by atoms with Crippen LogP contribution in [0.5, 0.6) is 5.75 Å². The van der Waals surface area contributed by atoms with Gasteiger partial charge in [0.15, 0.2) is 0 Å². The van der Waals surface area contributed by atoms with Crippen LogP contribution in [0.4, 0.5) is 10.5 Å². The smallest absolute Gasteiger partial charge is 0.336 e. The Morgan fingerprint density at radius 2 is 1.77 bits per heavy atom. The molecule has 2 aromatic carbocycles. The maximum Gasteiger partial charge on any atom is 0.336 e. The number of hydrogen-bond donors (Lipinski definition) is 5. The first-order chi connectivity index (χ1) is 16.6. The van der Waals surface area contributed by atoms with Gasteiger partial charge in [-0.25, -0.2) is 9.59 Å². The molecular formula is C24H27N5O6. The number of primary amides is 2. The van der Waals surface area contributed by atoms with Crippen molar-refractivity contribution in [1.82, 2.24) is 5.32 Å². The third-order valence-corrected chi connectivity index (χ3v) is 5.24. The van der Waals surface area contributed by atoms with E-state index in [-0.39, 0.29) is 0 Å². The predicted molar refractivity (Wildman–Crippen MR) is 130 cm³/mol. The number of carbonyl (C=O) groups excluding carboxylic acids is 3. The molecule has 1 aromatic heterocycles. The van der Waals surface area contributed by atoms with Crippen LogP contribution in [0, 0.1) is 6.92 Å². The Labute approximate surface area is 200 Å². The van der Waals surface area contributed by atoms with Gasteiger partial charge in [-0.05, 0) is 49.6 Å². The average Bonchev–Trinajstić information content (AvgIpc) is 2.80. The Balaban J connectivity index is 1.66. The van der Waals surface area contributed by atoms with Crippen molar-refractivity contribution in [2.75, 3.05) is 11.9 Å². The molecule has 3 aromatic rings. The number of benzene rings is 2. The van der Waals surface area contributed by atoms with E-state index in [0.29, 0.717) is 42.0 Å². The summed E-state index contributed by atoms with van der Waals surface area (Å²) in [7, 11) is 0. The highest BCUT2D eigenvalue weighted by atomic mass is 16.5. The van der Waals surface area contributed by atoms with Crippen LogP contribution < -0.4 is 38.2 Å². The molecule has 0 aliphatic rings. The lowest BCUT2D eigenvalue weighted by atomic mass is 10.1. The van der Waals surface area contributed by atoms with Gasteiger partial charge in [0.1, 0.15) is 11.3 Å². The van der Waals surface area contributed by atoms with Crippen molar-refractivity contribution in [1.29, 1.82) is 0 Å². The molecule has 0 fully saturated rings. The molecule has 0 aliphatic carbocycles. The van der Waals surface area contributed by atoms with E-state index in [9.17, 15) is 19.2 Å². The molecule has 0 saturated heterocycles. The summed E-state index contributed by atoms with van der Waals surface area (Å²) in [6.07, 6.45) is -0.271. The summed E-state index contributed by atoms with van der Waals surface area (Å²) in [6, 6.07) is 11.3. The van der Waals surface area contributed by atoms with Crippen molar-refractivity contribution in [3.8, 4) is 5.75 Å². The van der Waals surface area contributed by atoms with Crippen molar-refractivity contribution >= 4 is 34.5 Å². The minimum Gasteiger partial charge on any atom is -0.476 e. The number of rotatable bonds is 10. The quantitative estimate of drug-likeness (QED) is 0.213. The molecule has 11 heteroatoms. The SMILES string of the molecule is Cc1cc(=O)oc2cc(OC(C(N)=O)c3ccc(NC(=O)C(N)CCCNC(N)=O)cc3)ccc12. The molecule has 3 rings (SSSR count). The highest BCUT2D eigenvalue weighted by Crippen LogP contribution is 2.27. The molecule has 8 N–H and O–H groups in total. The first-order valence-electron chi connectivity index (χ1n) is 10.8. The van der Waals surface area contributed by atoms with Crippen molar-refractivity contribution in [2.24, 2.45) is 17.2 Å². The van der Waals surface area contributed by atoms with Crippen LogP contribution in [0.3, 0.4) is 0 Å². The summed E-state index contributed by atoms with van der Waals surface area (Å²) in [5.41, 5.74) is 17.9. The molecule has 35 heavy (non-hydrogen) atoms. The van der Waals surface area contributed by atoms with Gasteiger partial charge in [-0.2, -0.15) is 0 Å². The molecule has 184 valence electrons. The van der Waals surface area contributed by atoms with Crippen LogP contribution in [0.15, 0.2) is 57.7 Å². The Kier molecular flexibility index (Phi) is 8.05. The van der Waals surface area contributed by atoms with Crippen LogP contribution >= 0.6 is 0 Å². The van der Waals surface area contributed by atoms with Crippen molar-refractivity contribution in [3.63, 3.8) is 0 Å². The lowest BCUT2D eigenvalue weighted by Crippen LogP contribution is -2.37. The summed E-state index contributed by atoms with van der Waals surface area (Å²) in [5.74, 6) is -0.823. The second-order valence-corrected chi connectivity index (χ2v) is 7.96. The third-order valence-electron chi connectivity index (χ3n) is 5.24. The molecule has 0 aliphatic heterocycles. The summed E-state index contributed by atoms with van der Waals surface area (Å²) < 4.78 is 11.0. The molecular weight excluding hydrogens is 454 g/mol. The first-order valence-corrected chi connectivity index (χ1v) is 10.8. The van der Waals surface area contributed by atoms with Crippen molar-refractivity contribution in [2.45, 2.75) is 31.9 Å². The highest BCUT2D eigenvalue weighted by molar-refractivity contribution is 5.94. The Morgan fingerprint density at radius 1 is 1.06 bits per heavy atom. The zero-order valence-corrected chi connectivity index (χ0v) is 19.1. The minimum atomic E-state index is -1.12. The zero-order valence-electron chi connectivity index (χ0n) is 19.1. The number of fused-ring (bicyclic) bond motifs is 1. The van der Waals surface area contributed by atoms with Gasteiger partial charge < -0.3 is 37.0 Å². The predicted octanol–water partition coefficient (Wildman–Crippen LogP) is 1.42. The molecule has 0 radical (unpaired) electrons. The van der Waals surface area contributed by atoms with E-state index in [1.54, 1.807) is 43.3 Å². The largest absolute Gasteiger partial charge is 0.476 e. The number of carbonyl (C=O) groups is 3. The minimum absolute atomic E-state index is 0.296. The van der Waals surface area contributed by atoms with Crippen molar-refractivity contribution < 1.29 is 23.5 Å². The van der Waals surface area contributed by atoms with Crippen LogP contribution in [0.1, 0.15) is 30.1 Å². The molecule has 0 bridgehead atoms. The first kappa shape index (κ1) is 25.2. The lowest BCUT2D eigenvalue weighted by molar-refractivity contribution is -0.125. The van der Waals surface area contributed by atoms with Crippen molar-refractivity contribution in [3.05, 3.63) is 70.1 Å². The van der Waals surface area contributed by atoms with Gasteiger partial charge in [0.05, 0.1) is 6.04 Å². The molecule has 2 unspecified atom stereocenters. The molecule has 11 nitrogen and oxygen atoms in total. The second-order valence-electron chi connectivity index (χ2n) is 7.96. The van der Waals surface area contributed by atoms with Gasteiger partial charge in [-0.1, -0.05) is 12.1 Å². The van der Waals surface area contributed by atoms with E-state index in [1.807, 2.05) is 0 Å². The summed E-state index contributed by atoms with van der Waals surface area (Å²) in [4.78, 5) is 46.7. The number of hydrogen-bond acceptors (Lipinski definition) is 7. The third kappa shape index (κ3) is 6.81. The summed E-state index contributed by atoms with van der Waals surface area (Å²) >= 11 is 0. The fraction of sp³-hybridized carbons (Fsp3) is 0.250. The number of urea groups is 1. The number of nitrogens with two attached hydrogens (primary N) is 3. The van der Waals surface area contributed by atoms with Gasteiger partial charge in [-0.15, -0.1) is 0 Å². The van der Waals surface area contributed by atoms with E-state index in [1.165, 1.54) is 12.1 Å². The average molecular weight is 482 g/mol. The van der Waals surface area contributed by atoms with E-state index >= 15 is 0 Å². The van der Waals surface area contributed by atoms with Crippen LogP contribution in [-0.2, 0) is 9.59 Å². The number of aryl methyl sites for hydroxylation is 1. The summed E-state index contributed by atoms with van der Waals surface area (Å²) in [6.45, 7) is 2.11. The van der Waals surface area contributed by atoms with Crippen LogP contribution in [-0.4, -0.2) is 30.4 Å². The number of anilines is 1. The van der Waals surface area contributed by atoms with E-state index < -0.39 is 35.6 Å². The monoisotopic (exact) mass is 481 g/mol. The van der Waals surface area contributed by atoms with Crippen LogP contribution in [0.2, 0.25) is 0 Å². The summed E-state index contributed by atoms with van der Waals surface area (Å²) in [5, 5.41) is 5.87. The maximum atomic E-state index is 12.3. The molecule has 0 spiro atoms.